The molecule has 0 saturated carbocycles. The van der Waals surface area contributed by atoms with Crippen molar-refractivity contribution in [3.05, 3.63) is 34.9 Å². The van der Waals surface area contributed by atoms with Crippen molar-refractivity contribution in [2.24, 2.45) is 0 Å². The highest BCUT2D eigenvalue weighted by Crippen LogP contribution is 2.33. The lowest BCUT2D eigenvalue weighted by Crippen LogP contribution is -2.38. The van der Waals surface area contributed by atoms with E-state index in [1.165, 1.54) is 0 Å². The van der Waals surface area contributed by atoms with Crippen LogP contribution >= 0.6 is 11.6 Å². The molecule has 1 aliphatic heterocycles. The molecule has 1 heterocycles. The maximum Gasteiger partial charge on any atom is 0.192 e. The van der Waals surface area contributed by atoms with Gasteiger partial charge in [-0.2, -0.15) is 0 Å². The van der Waals surface area contributed by atoms with Gasteiger partial charge < -0.3 is 9.47 Å². The second-order valence-electron chi connectivity index (χ2n) is 4.02. The second-order valence-corrected chi connectivity index (χ2v) is 4.45. The van der Waals surface area contributed by atoms with E-state index in [0.29, 0.717) is 0 Å². The van der Waals surface area contributed by atoms with Crippen LogP contribution in [-0.4, -0.2) is 12.7 Å². The monoisotopic (exact) mass is 226 g/mol. The Balaban J connectivity index is 2.24. The molecule has 15 heavy (non-hydrogen) atoms. The first kappa shape index (κ1) is 10.9. The number of ether oxygens (including phenoxy) is 2. The first-order chi connectivity index (χ1) is 7.10. The zero-order valence-electron chi connectivity index (χ0n) is 9.00. The molecule has 2 nitrogen and oxygen atoms in total. The van der Waals surface area contributed by atoms with Gasteiger partial charge in [0.05, 0.1) is 12.7 Å². The molecule has 3 heteroatoms. The number of halogens is 1. The fraction of sp³-hybridized carbons (Fsp3) is 0.500. The Labute approximate surface area is 95.1 Å². The summed E-state index contributed by atoms with van der Waals surface area (Å²) in [5.74, 6) is -0.623. The molecule has 0 unspecified atom stereocenters. The quantitative estimate of drug-likeness (QED) is 0.731. The number of rotatable bonds is 1. The van der Waals surface area contributed by atoms with Crippen LogP contribution in [0.2, 0.25) is 5.02 Å². The largest absolute Gasteiger partial charge is 0.346 e. The lowest BCUT2D eigenvalue weighted by Gasteiger charge is -2.37. The van der Waals surface area contributed by atoms with Crippen LogP contribution < -0.4 is 0 Å². The molecule has 0 aliphatic carbocycles. The molecule has 0 aromatic heterocycles. The Morgan fingerprint density at radius 3 is 2.60 bits per heavy atom. The van der Waals surface area contributed by atoms with Gasteiger partial charge in [-0.25, -0.2) is 0 Å². The predicted octanol–water partition coefficient (Wildman–Crippen LogP) is 3.34. The van der Waals surface area contributed by atoms with Crippen molar-refractivity contribution in [2.75, 3.05) is 6.61 Å². The molecule has 1 saturated heterocycles. The van der Waals surface area contributed by atoms with Crippen LogP contribution in [-0.2, 0) is 15.3 Å². The van der Waals surface area contributed by atoms with E-state index >= 15 is 0 Å². The van der Waals surface area contributed by atoms with Crippen LogP contribution in [0.25, 0.3) is 0 Å². The van der Waals surface area contributed by atoms with Crippen molar-refractivity contribution >= 4 is 11.6 Å². The summed E-state index contributed by atoms with van der Waals surface area (Å²) in [5.41, 5.74) is 1.01. The fourth-order valence-corrected chi connectivity index (χ4v) is 1.93. The Kier molecular flexibility index (Phi) is 3.01. The molecule has 1 fully saturated rings. The van der Waals surface area contributed by atoms with Crippen molar-refractivity contribution in [1.29, 1.82) is 0 Å². The molecule has 0 amide bonds. The van der Waals surface area contributed by atoms with E-state index in [9.17, 15) is 0 Å². The van der Waals surface area contributed by atoms with Gasteiger partial charge in [0.15, 0.2) is 5.79 Å². The van der Waals surface area contributed by atoms with E-state index in [0.717, 1.165) is 23.6 Å². The van der Waals surface area contributed by atoms with Crippen LogP contribution in [0.15, 0.2) is 24.3 Å². The average molecular weight is 227 g/mol. The molecule has 0 N–H and O–H groups in total. The predicted molar refractivity (Wildman–Crippen MR) is 59.9 cm³/mol. The van der Waals surface area contributed by atoms with Gasteiger partial charge >= 0.3 is 0 Å². The third-order valence-electron chi connectivity index (χ3n) is 2.70. The summed E-state index contributed by atoms with van der Waals surface area (Å²) in [7, 11) is 0. The molecule has 2 atom stereocenters. The molecule has 1 aliphatic rings. The summed E-state index contributed by atoms with van der Waals surface area (Å²) in [6.45, 7) is 4.75. The van der Waals surface area contributed by atoms with Crippen LogP contribution in [0, 0.1) is 0 Å². The molecule has 1 aromatic carbocycles. The lowest BCUT2D eigenvalue weighted by molar-refractivity contribution is -0.288. The summed E-state index contributed by atoms with van der Waals surface area (Å²) >= 11 is 5.84. The zero-order valence-corrected chi connectivity index (χ0v) is 9.75. The van der Waals surface area contributed by atoms with Crippen LogP contribution in [0.4, 0.5) is 0 Å². The van der Waals surface area contributed by atoms with Gasteiger partial charge in [-0.15, -0.1) is 0 Å². The topological polar surface area (TPSA) is 18.5 Å². The molecule has 82 valence electrons. The minimum Gasteiger partial charge on any atom is -0.346 e. The Hall–Kier alpha value is -0.570. The van der Waals surface area contributed by atoms with E-state index in [2.05, 4.69) is 6.92 Å². The molecule has 1 aromatic rings. The summed E-state index contributed by atoms with van der Waals surface area (Å²) < 4.78 is 11.5. The van der Waals surface area contributed by atoms with E-state index in [1.54, 1.807) is 0 Å². The molecule has 2 rings (SSSR count). The second kappa shape index (κ2) is 4.12. The van der Waals surface area contributed by atoms with Gasteiger partial charge in [0.25, 0.3) is 0 Å². The van der Waals surface area contributed by atoms with Crippen molar-refractivity contribution < 1.29 is 9.47 Å². The van der Waals surface area contributed by atoms with Crippen LogP contribution in [0.3, 0.4) is 0 Å². The van der Waals surface area contributed by atoms with Crippen molar-refractivity contribution in [1.82, 2.24) is 0 Å². The minimum atomic E-state index is -0.623. The highest BCUT2D eigenvalue weighted by Gasteiger charge is 2.33. The van der Waals surface area contributed by atoms with Crippen LogP contribution in [0.5, 0.6) is 0 Å². The number of benzene rings is 1. The standard InChI is InChI=1S/C12H15ClO2/c1-9-7-8-14-12(2,15-9)10-3-5-11(13)6-4-10/h3-6,9H,7-8H2,1-2H3/t9-,12+/m0/s1. The summed E-state index contributed by atoms with van der Waals surface area (Å²) in [5, 5.41) is 0.728. The normalized spacial score (nSPS) is 31.5. The number of hydrogen-bond donors (Lipinski definition) is 0. The van der Waals surface area contributed by atoms with Gasteiger partial charge in [0, 0.05) is 10.6 Å². The van der Waals surface area contributed by atoms with Gasteiger partial charge in [-0.3, -0.25) is 0 Å². The van der Waals surface area contributed by atoms with E-state index in [1.807, 2.05) is 31.2 Å². The van der Waals surface area contributed by atoms with Crippen molar-refractivity contribution in [3.8, 4) is 0 Å². The third-order valence-corrected chi connectivity index (χ3v) is 2.95. The van der Waals surface area contributed by atoms with Gasteiger partial charge in [0.2, 0.25) is 0 Å². The average Bonchev–Trinajstić information content (AvgIpc) is 2.18. The Morgan fingerprint density at radius 2 is 2.00 bits per heavy atom. The van der Waals surface area contributed by atoms with Gasteiger partial charge in [-0.1, -0.05) is 23.7 Å². The molecule has 0 bridgehead atoms. The van der Waals surface area contributed by atoms with E-state index < -0.39 is 5.79 Å². The van der Waals surface area contributed by atoms with E-state index in [4.69, 9.17) is 21.1 Å². The fourth-order valence-electron chi connectivity index (χ4n) is 1.80. The minimum absolute atomic E-state index is 0.236. The summed E-state index contributed by atoms with van der Waals surface area (Å²) in [6, 6.07) is 7.60. The van der Waals surface area contributed by atoms with Crippen molar-refractivity contribution in [2.45, 2.75) is 32.2 Å². The molecular weight excluding hydrogens is 212 g/mol. The SMILES string of the molecule is C[C@H]1CCO[C@@](C)(c2ccc(Cl)cc2)O1. The zero-order chi connectivity index (χ0) is 10.9. The molecular formula is C12H15ClO2. The van der Waals surface area contributed by atoms with Gasteiger partial charge in [-0.05, 0) is 32.4 Å². The first-order valence-electron chi connectivity index (χ1n) is 5.18. The lowest BCUT2D eigenvalue weighted by atomic mass is 10.1. The highest BCUT2D eigenvalue weighted by atomic mass is 35.5. The van der Waals surface area contributed by atoms with Crippen molar-refractivity contribution in [3.63, 3.8) is 0 Å². The summed E-state index contributed by atoms with van der Waals surface area (Å²) in [6.07, 6.45) is 1.18. The maximum atomic E-state index is 5.84. The smallest absolute Gasteiger partial charge is 0.192 e. The first-order valence-corrected chi connectivity index (χ1v) is 5.56. The Bertz CT molecular complexity index is 336. The summed E-state index contributed by atoms with van der Waals surface area (Å²) in [4.78, 5) is 0. The third kappa shape index (κ3) is 2.33. The maximum absolute atomic E-state index is 5.84. The van der Waals surface area contributed by atoms with Crippen LogP contribution in [0.1, 0.15) is 25.8 Å². The number of hydrogen-bond acceptors (Lipinski definition) is 2. The molecule has 0 spiro atoms. The Morgan fingerprint density at radius 1 is 1.33 bits per heavy atom. The molecule has 0 radical (unpaired) electrons. The highest BCUT2D eigenvalue weighted by molar-refractivity contribution is 6.30. The van der Waals surface area contributed by atoms with E-state index in [-0.39, 0.29) is 6.10 Å². The van der Waals surface area contributed by atoms with Gasteiger partial charge in [0.1, 0.15) is 0 Å².